The van der Waals surface area contributed by atoms with Crippen LogP contribution in [0.5, 0.6) is 11.5 Å². The predicted octanol–water partition coefficient (Wildman–Crippen LogP) is 3.47. The third-order valence-corrected chi connectivity index (χ3v) is 4.51. The molecule has 0 saturated heterocycles. The molecule has 1 aromatic heterocycles. The lowest BCUT2D eigenvalue weighted by molar-refractivity contribution is -0.140. The van der Waals surface area contributed by atoms with Gasteiger partial charge in [-0.2, -0.15) is 10.2 Å². The SMILES string of the molecule is COc1ccc(-c2noc(COC(=O)/C(C#N)=C/c3ccc(N(C)C)cc3)n2)c(OC)c1. The summed E-state index contributed by atoms with van der Waals surface area (Å²) in [6.07, 6.45) is 1.46. The van der Waals surface area contributed by atoms with Crippen LogP contribution in [0.4, 0.5) is 5.69 Å². The maximum Gasteiger partial charge on any atom is 0.349 e. The Morgan fingerprint density at radius 3 is 2.53 bits per heavy atom. The van der Waals surface area contributed by atoms with Crippen LogP contribution in [-0.2, 0) is 16.1 Å². The second kappa shape index (κ2) is 10.1. The quantitative estimate of drug-likeness (QED) is 0.299. The first-order chi connectivity index (χ1) is 15.4. The van der Waals surface area contributed by atoms with E-state index < -0.39 is 5.97 Å². The van der Waals surface area contributed by atoms with Gasteiger partial charge in [0.05, 0.1) is 19.8 Å². The van der Waals surface area contributed by atoms with E-state index >= 15 is 0 Å². The van der Waals surface area contributed by atoms with Crippen molar-refractivity contribution in [2.45, 2.75) is 6.61 Å². The number of rotatable bonds is 8. The largest absolute Gasteiger partial charge is 0.497 e. The van der Waals surface area contributed by atoms with Gasteiger partial charge in [0, 0.05) is 25.8 Å². The summed E-state index contributed by atoms with van der Waals surface area (Å²) in [5.41, 5.74) is 2.16. The van der Waals surface area contributed by atoms with Crippen molar-refractivity contribution < 1.29 is 23.5 Å². The lowest BCUT2D eigenvalue weighted by Crippen LogP contribution is -2.08. The van der Waals surface area contributed by atoms with Gasteiger partial charge in [0.15, 0.2) is 6.61 Å². The van der Waals surface area contributed by atoms with Gasteiger partial charge < -0.3 is 23.6 Å². The molecule has 3 rings (SSSR count). The minimum absolute atomic E-state index is 0.0823. The zero-order valence-corrected chi connectivity index (χ0v) is 18.2. The van der Waals surface area contributed by atoms with Gasteiger partial charge in [-0.15, -0.1) is 0 Å². The van der Waals surface area contributed by atoms with Crippen LogP contribution in [0, 0.1) is 11.3 Å². The monoisotopic (exact) mass is 434 g/mol. The number of ether oxygens (including phenoxy) is 3. The number of methoxy groups -OCH3 is 2. The topological polar surface area (TPSA) is 111 Å². The van der Waals surface area contributed by atoms with E-state index in [-0.39, 0.29) is 23.9 Å². The zero-order valence-electron chi connectivity index (χ0n) is 18.2. The molecule has 1 heterocycles. The Bertz CT molecular complexity index is 1160. The molecule has 0 unspecified atom stereocenters. The Morgan fingerprint density at radius 2 is 1.91 bits per heavy atom. The highest BCUT2D eigenvalue weighted by Crippen LogP contribution is 2.31. The summed E-state index contributed by atoms with van der Waals surface area (Å²) < 4.78 is 20.8. The molecule has 0 N–H and O–H groups in total. The Kier molecular flexibility index (Phi) is 7.08. The van der Waals surface area contributed by atoms with Gasteiger partial charge in [-0.3, -0.25) is 0 Å². The van der Waals surface area contributed by atoms with E-state index in [1.807, 2.05) is 49.3 Å². The Balaban J connectivity index is 1.68. The zero-order chi connectivity index (χ0) is 23.1. The van der Waals surface area contributed by atoms with Crippen LogP contribution in [0.25, 0.3) is 17.5 Å². The van der Waals surface area contributed by atoms with E-state index in [1.54, 1.807) is 25.3 Å². The third kappa shape index (κ3) is 5.23. The molecule has 164 valence electrons. The maximum absolute atomic E-state index is 12.3. The molecule has 32 heavy (non-hydrogen) atoms. The fourth-order valence-corrected chi connectivity index (χ4v) is 2.78. The molecule has 9 heteroatoms. The van der Waals surface area contributed by atoms with E-state index in [0.29, 0.717) is 22.6 Å². The molecule has 0 aliphatic carbocycles. The molecule has 2 aromatic carbocycles. The fraction of sp³-hybridized carbons (Fsp3) is 0.217. The number of esters is 1. The average molecular weight is 434 g/mol. The van der Waals surface area contributed by atoms with Crippen LogP contribution < -0.4 is 14.4 Å². The predicted molar refractivity (Wildman–Crippen MR) is 117 cm³/mol. The Labute approximate surface area is 185 Å². The van der Waals surface area contributed by atoms with Gasteiger partial charge in [0.25, 0.3) is 5.89 Å². The number of benzene rings is 2. The average Bonchev–Trinajstić information content (AvgIpc) is 3.29. The maximum atomic E-state index is 12.3. The highest BCUT2D eigenvalue weighted by atomic mass is 16.6. The van der Waals surface area contributed by atoms with Crippen molar-refractivity contribution in [1.29, 1.82) is 5.26 Å². The molecule has 0 fully saturated rings. The summed E-state index contributed by atoms with van der Waals surface area (Å²) in [6.45, 7) is -0.275. The van der Waals surface area contributed by atoms with Crippen molar-refractivity contribution in [3.8, 4) is 29.0 Å². The van der Waals surface area contributed by atoms with Crippen LogP contribution in [0.1, 0.15) is 11.5 Å². The number of anilines is 1. The van der Waals surface area contributed by atoms with E-state index in [1.165, 1.54) is 13.2 Å². The fourth-order valence-electron chi connectivity index (χ4n) is 2.78. The molecule has 0 bridgehead atoms. The van der Waals surface area contributed by atoms with Crippen molar-refractivity contribution in [3.05, 3.63) is 59.5 Å². The van der Waals surface area contributed by atoms with Gasteiger partial charge in [0.2, 0.25) is 5.82 Å². The molecule has 0 saturated carbocycles. The normalized spacial score (nSPS) is 10.9. The van der Waals surface area contributed by atoms with E-state index in [2.05, 4.69) is 10.1 Å². The van der Waals surface area contributed by atoms with Gasteiger partial charge in [0.1, 0.15) is 23.1 Å². The van der Waals surface area contributed by atoms with E-state index in [0.717, 1.165) is 5.69 Å². The lowest BCUT2D eigenvalue weighted by Gasteiger charge is -2.11. The molecule has 0 amide bonds. The minimum atomic E-state index is -0.786. The number of carbonyl (C=O) groups excluding carboxylic acids is 1. The summed E-state index contributed by atoms with van der Waals surface area (Å²) in [5.74, 6) is 0.691. The first-order valence-corrected chi connectivity index (χ1v) is 9.56. The Hall–Kier alpha value is -4.32. The van der Waals surface area contributed by atoms with Crippen LogP contribution in [0.2, 0.25) is 0 Å². The van der Waals surface area contributed by atoms with Crippen LogP contribution >= 0.6 is 0 Å². The molecule has 3 aromatic rings. The smallest absolute Gasteiger partial charge is 0.349 e. The van der Waals surface area contributed by atoms with Gasteiger partial charge in [-0.1, -0.05) is 17.3 Å². The van der Waals surface area contributed by atoms with Crippen LogP contribution in [0.3, 0.4) is 0 Å². The molecule has 0 aliphatic rings. The second-order valence-corrected chi connectivity index (χ2v) is 6.81. The molecule has 0 aliphatic heterocycles. The van der Waals surface area contributed by atoms with Crippen molar-refractivity contribution >= 4 is 17.7 Å². The summed E-state index contributed by atoms with van der Waals surface area (Å²) in [6, 6.07) is 14.4. The van der Waals surface area contributed by atoms with Gasteiger partial charge in [-0.25, -0.2) is 4.79 Å². The summed E-state index contributed by atoms with van der Waals surface area (Å²) in [5, 5.41) is 13.2. The van der Waals surface area contributed by atoms with Crippen molar-refractivity contribution in [2.75, 3.05) is 33.2 Å². The molecule has 9 nitrogen and oxygen atoms in total. The summed E-state index contributed by atoms with van der Waals surface area (Å²) >= 11 is 0. The van der Waals surface area contributed by atoms with E-state index in [4.69, 9.17) is 18.7 Å². The highest BCUT2D eigenvalue weighted by molar-refractivity contribution is 5.97. The first-order valence-electron chi connectivity index (χ1n) is 9.56. The standard InChI is InChI=1S/C23H22N4O5/c1-27(2)17-7-5-15(6-8-17)11-16(13-24)23(28)31-14-21-25-22(26-32-21)19-10-9-18(29-3)12-20(19)30-4/h5-12H,14H2,1-4H3/b16-11+. The molecule has 0 radical (unpaired) electrons. The molecular weight excluding hydrogens is 412 g/mol. The molecule has 0 atom stereocenters. The van der Waals surface area contributed by atoms with Crippen molar-refractivity contribution in [3.63, 3.8) is 0 Å². The number of aromatic nitrogens is 2. The van der Waals surface area contributed by atoms with Crippen molar-refractivity contribution in [2.24, 2.45) is 0 Å². The van der Waals surface area contributed by atoms with Crippen LogP contribution in [-0.4, -0.2) is 44.4 Å². The lowest BCUT2D eigenvalue weighted by atomic mass is 10.1. The molecular formula is C23H22N4O5. The minimum Gasteiger partial charge on any atom is -0.497 e. The third-order valence-electron chi connectivity index (χ3n) is 4.51. The summed E-state index contributed by atoms with van der Waals surface area (Å²) in [4.78, 5) is 18.5. The second-order valence-electron chi connectivity index (χ2n) is 6.81. The number of nitriles is 1. The number of hydrogen-bond acceptors (Lipinski definition) is 9. The summed E-state index contributed by atoms with van der Waals surface area (Å²) in [7, 11) is 6.93. The Morgan fingerprint density at radius 1 is 1.16 bits per heavy atom. The highest BCUT2D eigenvalue weighted by Gasteiger charge is 2.17. The van der Waals surface area contributed by atoms with E-state index in [9.17, 15) is 10.1 Å². The van der Waals surface area contributed by atoms with Crippen molar-refractivity contribution in [1.82, 2.24) is 10.1 Å². The number of hydrogen-bond donors (Lipinski definition) is 0. The van der Waals surface area contributed by atoms with Gasteiger partial charge >= 0.3 is 5.97 Å². The van der Waals surface area contributed by atoms with Gasteiger partial charge in [-0.05, 0) is 35.9 Å². The molecule has 0 spiro atoms. The number of carbonyl (C=O) groups is 1. The first kappa shape index (κ1) is 22.4. The number of nitrogens with zero attached hydrogens (tertiary/aromatic N) is 4. The van der Waals surface area contributed by atoms with Crippen LogP contribution in [0.15, 0.2) is 52.6 Å².